The number of hydrogen-bond acceptors (Lipinski definition) is 7. The number of aromatic nitrogens is 2. The molecule has 1 fully saturated rings. The third-order valence-electron chi connectivity index (χ3n) is 6.45. The van der Waals surface area contributed by atoms with Gasteiger partial charge in [-0.2, -0.15) is 4.98 Å². The summed E-state index contributed by atoms with van der Waals surface area (Å²) >= 11 is 0. The summed E-state index contributed by atoms with van der Waals surface area (Å²) in [6.07, 6.45) is 6.93. The fourth-order valence-corrected chi connectivity index (χ4v) is 4.83. The van der Waals surface area contributed by atoms with Crippen molar-refractivity contribution >= 4 is 12.0 Å². The van der Waals surface area contributed by atoms with Crippen molar-refractivity contribution in [1.29, 1.82) is 0 Å². The summed E-state index contributed by atoms with van der Waals surface area (Å²) in [7, 11) is 1.55. The summed E-state index contributed by atoms with van der Waals surface area (Å²) in [5, 5.41) is 6.99. The van der Waals surface area contributed by atoms with Crippen molar-refractivity contribution < 1.29 is 23.6 Å². The normalized spacial score (nSPS) is 21.4. The molecule has 2 aliphatic heterocycles. The smallest absolute Gasteiger partial charge is 0.338 e. The van der Waals surface area contributed by atoms with E-state index in [1.165, 1.54) is 37.0 Å². The predicted octanol–water partition coefficient (Wildman–Crippen LogP) is 3.28. The average molecular weight is 438 g/mol. The zero-order valence-electron chi connectivity index (χ0n) is 18.0. The molecule has 168 valence electrons. The molecule has 1 saturated carbocycles. The van der Waals surface area contributed by atoms with E-state index in [4.69, 9.17) is 14.0 Å². The number of nitrogens with one attached hydrogen (secondary N) is 1. The highest BCUT2D eigenvalue weighted by molar-refractivity contribution is 5.97. The number of hydrogen-bond donors (Lipinski definition) is 1. The van der Waals surface area contributed by atoms with E-state index >= 15 is 0 Å². The summed E-state index contributed by atoms with van der Waals surface area (Å²) in [5.41, 5.74) is 1.62. The minimum atomic E-state index is -0.646. The summed E-state index contributed by atoms with van der Waals surface area (Å²) < 4.78 is 16.2. The largest absolute Gasteiger partial charge is 0.496 e. The van der Waals surface area contributed by atoms with Crippen LogP contribution in [0.5, 0.6) is 5.75 Å². The van der Waals surface area contributed by atoms with Crippen molar-refractivity contribution in [2.45, 2.75) is 51.1 Å². The second-order valence-electron chi connectivity index (χ2n) is 8.46. The van der Waals surface area contributed by atoms with Crippen LogP contribution >= 0.6 is 0 Å². The lowest BCUT2D eigenvalue weighted by Gasteiger charge is -2.32. The van der Waals surface area contributed by atoms with Crippen molar-refractivity contribution in [3.63, 3.8) is 0 Å². The first kappa shape index (κ1) is 20.5. The van der Waals surface area contributed by atoms with Crippen LogP contribution in [0.2, 0.25) is 0 Å². The summed E-state index contributed by atoms with van der Waals surface area (Å²) in [6.45, 7) is 0.133. The van der Waals surface area contributed by atoms with E-state index in [1.54, 1.807) is 13.2 Å². The zero-order chi connectivity index (χ0) is 22.1. The van der Waals surface area contributed by atoms with E-state index in [0.29, 0.717) is 40.2 Å². The molecule has 5 rings (SSSR count). The van der Waals surface area contributed by atoms with E-state index in [1.807, 2.05) is 18.2 Å². The van der Waals surface area contributed by atoms with Crippen LogP contribution in [0.1, 0.15) is 55.4 Å². The van der Waals surface area contributed by atoms with Crippen LogP contribution in [-0.2, 0) is 22.5 Å². The van der Waals surface area contributed by atoms with Crippen LogP contribution in [0, 0.1) is 5.92 Å². The molecule has 32 heavy (non-hydrogen) atoms. The highest BCUT2D eigenvalue weighted by Crippen LogP contribution is 2.38. The summed E-state index contributed by atoms with van der Waals surface area (Å²) in [6, 6.07) is 6.30. The van der Waals surface area contributed by atoms with Gasteiger partial charge in [0.05, 0.1) is 31.0 Å². The topological polar surface area (TPSA) is 107 Å². The maximum absolute atomic E-state index is 13.0. The van der Waals surface area contributed by atoms with Crippen molar-refractivity contribution in [3.8, 4) is 5.75 Å². The predicted molar refractivity (Wildman–Crippen MR) is 112 cm³/mol. The molecule has 1 aromatic heterocycles. The monoisotopic (exact) mass is 438 g/mol. The van der Waals surface area contributed by atoms with Gasteiger partial charge in [0.25, 0.3) is 0 Å². The van der Waals surface area contributed by atoms with E-state index in [2.05, 4.69) is 15.5 Å². The minimum absolute atomic E-state index is 0.0278. The second-order valence-corrected chi connectivity index (χ2v) is 8.46. The fraction of sp³-hybridized carbons (Fsp3) is 0.478. The first-order valence-electron chi connectivity index (χ1n) is 11.1. The molecular weight excluding hydrogens is 412 g/mol. The van der Waals surface area contributed by atoms with Gasteiger partial charge in [-0.15, -0.1) is 0 Å². The first-order valence-corrected chi connectivity index (χ1v) is 11.1. The third-order valence-corrected chi connectivity index (χ3v) is 6.45. The Morgan fingerprint density at radius 2 is 2.00 bits per heavy atom. The molecule has 3 aliphatic rings. The van der Waals surface area contributed by atoms with Gasteiger partial charge in [0.15, 0.2) is 5.82 Å². The summed E-state index contributed by atoms with van der Waals surface area (Å²) in [4.78, 5) is 31.6. The number of ether oxygens (including phenoxy) is 2. The quantitative estimate of drug-likeness (QED) is 0.690. The lowest BCUT2D eigenvalue weighted by atomic mass is 9.87. The van der Waals surface area contributed by atoms with Gasteiger partial charge in [-0.1, -0.05) is 42.6 Å². The van der Waals surface area contributed by atoms with Gasteiger partial charge in [0.1, 0.15) is 12.4 Å². The second kappa shape index (κ2) is 8.64. The number of para-hydroxylation sites is 1. The molecule has 1 atom stereocenters. The lowest BCUT2D eigenvalue weighted by molar-refractivity contribution is -0.136. The maximum atomic E-state index is 13.0. The van der Waals surface area contributed by atoms with E-state index in [-0.39, 0.29) is 19.2 Å². The van der Waals surface area contributed by atoms with Gasteiger partial charge in [-0.05, 0) is 24.8 Å². The molecule has 2 amide bonds. The Bertz CT molecular complexity index is 1060. The van der Waals surface area contributed by atoms with Crippen molar-refractivity contribution in [2.24, 2.45) is 5.92 Å². The molecular formula is C23H26N4O5. The highest BCUT2D eigenvalue weighted by atomic mass is 16.5. The molecule has 1 N–H and O–H groups in total. The molecule has 3 heterocycles. The van der Waals surface area contributed by atoms with Gasteiger partial charge in [-0.3, -0.25) is 4.90 Å². The number of esters is 1. The molecule has 1 aliphatic carbocycles. The number of methoxy groups -OCH3 is 1. The van der Waals surface area contributed by atoms with Gasteiger partial charge < -0.3 is 19.3 Å². The Labute approximate surface area is 185 Å². The average Bonchev–Trinajstić information content (AvgIpc) is 3.42. The molecule has 9 heteroatoms. The van der Waals surface area contributed by atoms with Crippen LogP contribution in [0.4, 0.5) is 4.79 Å². The molecule has 0 spiro atoms. The number of urea groups is 1. The molecule has 9 nitrogen and oxygen atoms in total. The Hall–Kier alpha value is -3.36. The molecule has 0 saturated heterocycles. The Morgan fingerprint density at radius 1 is 1.19 bits per heavy atom. The van der Waals surface area contributed by atoms with Crippen LogP contribution in [0.25, 0.3) is 0 Å². The standard InChI is InChI=1S/C23H26N4O5/c1-30-17-10-6-5-9-15(17)21-20-16(13-31-22(20)28)27(23(29)25-21)12-18-24-19(32-26-18)11-14-7-3-2-4-8-14/h5-6,9-10,14,21H,2-4,7-8,11-13H2,1H3,(H,25,29)/t21-/m0/s1. The van der Waals surface area contributed by atoms with Crippen LogP contribution < -0.4 is 10.1 Å². The lowest BCUT2D eigenvalue weighted by Crippen LogP contribution is -2.47. The van der Waals surface area contributed by atoms with Gasteiger partial charge in [0, 0.05) is 12.0 Å². The first-order chi connectivity index (χ1) is 15.6. The number of nitrogens with zero attached hydrogens (tertiary/aromatic N) is 3. The third kappa shape index (κ3) is 3.83. The number of carbonyl (C=O) groups is 2. The fourth-order valence-electron chi connectivity index (χ4n) is 4.83. The molecule has 1 aromatic carbocycles. The van der Waals surface area contributed by atoms with E-state index in [0.717, 1.165) is 6.42 Å². The van der Waals surface area contributed by atoms with Gasteiger partial charge >= 0.3 is 12.0 Å². The number of amides is 2. The van der Waals surface area contributed by atoms with Gasteiger partial charge in [-0.25, -0.2) is 9.59 Å². The van der Waals surface area contributed by atoms with E-state index in [9.17, 15) is 9.59 Å². The van der Waals surface area contributed by atoms with Crippen LogP contribution in [0.15, 0.2) is 40.1 Å². The molecule has 0 unspecified atom stereocenters. The maximum Gasteiger partial charge on any atom is 0.338 e. The van der Waals surface area contributed by atoms with Crippen molar-refractivity contribution in [2.75, 3.05) is 13.7 Å². The van der Waals surface area contributed by atoms with E-state index < -0.39 is 12.0 Å². The Balaban J connectivity index is 1.38. The Kier molecular flexibility index (Phi) is 5.55. The number of rotatable bonds is 6. The highest BCUT2D eigenvalue weighted by Gasteiger charge is 2.43. The molecule has 0 bridgehead atoms. The zero-order valence-corrected chi connectivity index (χ0v) is 18.0. The SMILES string of the molecule is COc1ccccc1[C@@H]1NC(=O)N(Cc2noc(CC3CCCCC3)n2)C2=C1C(=O)OC2. The van der Waals surface area contributed by atoms with Gasteiger partial charge in [0.2, 0.25) is 5.89 Å². The number of carbonyl (C=O) groups excluding carboxylic acids is 2. The Morgan fingerprint density at radius 3 is 2.81 bits per heavy atom. The van der Waals surface area contributed by atoms with Crippen LogP contribution in [-0.4, -0.2) is 40.8 Å². The summed E-state index contributed by atoms with van der Waals surface area (Å²) in [5.74, 6) is 1.72. The number of cyclic esters (lactones) is 1. The number of benzene rings is 1. The van der Waals surface area contributed by atoms with Crippen molar-refractivity contribution in [1.82, 2.24) is 20.4 Å². The molecule has 2 aromatic rings. The minimum Gasteiger partial charge on any atom is -0.496 e. The molecule has 0 radical (unpaired) electrons. The van der Waals surface area contributed by atoms with Crippen molar-refractivity contribution in [3.05, 3.63) is 52.8 Å². The van der Waals surface area contributed by atoms with Crippen LogP contribution in [0.3, 0.4) is 0 Å².